The molecule has 0 aromatic rings. The van der Waals surface area contributed by atoms with Crippen molar-refractivity contribution >= 4 is 0 Å². The van der Waals surface area contributed by atoms with Gasteiger partial charge in [-0.25, -0.2) is 0 Å². The van der Waals surface area contributed by atoms with Crippen molar-refractivity contribution in [3.05, 3.63) is 11.3 Å². The van der Waals surface area contributed by atoms with Crippen LogP contribution in [0, 0.1) is 82.3 Å². The number of hydrogen-bond donors (Lipinski definition) is 0. The molecule has 2 nitrogen and oxygen atoms in total. The standard InChI is InChI=1S/C49H75NO/c1-2-10-34-30(9-1)21-28-46(34)50(32-22-19-31(20-23-32)35-26-27-41-40-14-8-18-47(40)51-48(35)41)33-24-25-39-38-13-7-17-44(38)49(45(39)29-33)42-15-5-3-11-36(42)37-12-4-6-16-43(37)49/h30-34,36-47H,1-29H2/t30?,31?,32?,33?,34-,36-,37?,38?,39?,40?,41?,42?,43?,44?,45?,46?,47?,49?/m0/s1. The predicted molar refractivity (Wildman–Crippen MR) is 207 cm³/mol. The number of fused-ring (bicyclic) bond motifs is 14. The summed E-state index contributed by atoms with van der Waals surface area (Å²) < 4.78 is 6.85. The molecule has 1 aliphatic heterocycles. The summed E-state index contributed by atoms with van der Waals surface area (Å²) in [4.78, 5) is 3.47. The van der Waals surface area contributed by atoms with Crippen molar-refractivity contribution in [3.63, 3.8) is 0 Å². The van der Waals surface area contributed by atoms with Crippen LogP contribution in [0.2, 0.25) is 0 Å². The van der Waals surface area contributed by atoms with E-state index in [9.17, 15) is 0 Å². The third-order valence-corrected chi connectivity index (χ3v) is 21.1. The Kier molecular flexibility index (Phi) is 8.19. The maximum Gasteiger partial charge on any atom is 0.102 e. The van der Waals surface area contributed by atoms with Crippen LogP contribution in [0.5, 0.6) is 0 Å². The van der Waals surface area contributed by atoms with Crippen molar-refractivity contribution in [1.82, 2.24) is 4.90 Å². The first-order valence-corrected chi connectivity index (χ1v) is 24.5. The van der Waals surface area contributed by atoms with Gasteiger partial charge in [0.1, 0.15) is 6.10 Å². The van der Waals surface area contributed by atoms with Crippen molar-refractivity contribution in [2.45, 2.75) is 210 Å². The van der Waals surface area contributed by atoms with E-state index in [1.165, 1.54) is 70.6 Å². The van der Waals surface area contributed by atoms with Gasteiger partial charge in [0.15, 0.2) is 0 Å². The summed E-state index contributed by atoms with van der Waals surface area (Å²) in [6, 6.07) is 2.72. The highest BCUT2D eigenvalue weighted by Crippen LogP contribution is 2.78. The third kappa shape index (κ3) is 4.74. The number of hydrogen-bond acceptors (Lipinski definition) is 2. The Morgan fingerprint density at radius 2 is 1.06 bits per heavy atom. The lowest BCUT2D eigenvalue weighted by Gasteiger charge is -2.55. The van der Waals surface area contributed by atoms with E-state index in [1.807, 2.05) is 5.57 Å². The Hall–Kier alpha value is -0.500. The number of nitrogens with zero attached hydrogens (tertiary/aromatic N) is 1. The molecule has 0 amide bonds. The zero-order chi connectivity index (χ0) is 33.3. The molecule has 0 aromatic carbocycles. The summed E-state index contributed by atoms with van der Waals surface area (Å²) in [6.07, 6.45) is 45.4. The van der Waals surface area contributed by atoms with Crippen molar-refractivity contribution in [2.24, 2.45) is 82.3 Å². The molecule has 11 fully saturated rings. The normalized spacial score (nSPS) is 55.7. The highest BCUT2D eigenvalue weighted by atomic mass is 16.5. The first-order chi connectivity index (χ1) is 25.3. The molecule has 14 unspecified atom stereocenters. The summed E-state index contributed by atoms with van der Waals surface area (Å²) in [5, 5.41) is 0. The summed E-state index contributed by atoms with van der Waals surface area (Å²) in [5.74, 6) is 15.2. The van der Waals surface area contributed by atoms with E-state index < -0.39 is 0 Å². The molecule has 11 aliphatic carbocycles. The van der Waals surface area contributed by atoms with Gasteiger partial charge >= 0.3 is 0 Å². The molecule has 0 radical (unpaired) electrons. The lowest BCUT2D eigenvalue weighted by Crippen LogP contribution is -2.56. The summed E-state index contributed by atoms with van der Waals surface area (Å²) in [5.41, 5.74) is 2.61. The molecule has 51 heavy (non-hydrogen) atoms. The lowest BCUT2D eigenvalue weighted by molar-refractivity contribution is -0.0632. The van der Waals surface area contributed by atoms with E-state index in [4.69, 9.17) is 4.74 Å². The molecule has 16 atom stereocenters. The molecular formula is C49H75NO. The van der Waals surface area contributed by atoms with E-state index in [1.54, 1.807) is 121 Å². The Morgan fingerprint density at radius 3 is 1.84 bits per heavy atom. The molecule has 12 aliphatic rings. The number of ether oxygens (including phenoxy) is 1. The molecule has 0 aromatic heterocycles. The summed E-state index contributed by atoms with van der Waals surface area (Å²) >= 11 is 0. The average molecular weight is 694 g/mol. The topological polar surface area (TPSA) is 12.5 Å². The molecule has 2 heteroatoms. The molecule has 1 spiro atoms. The Bertz CT molecular complexity index is 1320. The van der Waals surface area contributed by atoms with Gasteiger partial charge < -0.3 is 4.74 Å². The van der Waals surface area contributed by atoms with Crippen molar-refractivity contribution < 1.29 is 4.74 Å². The third-order valence-electron chi connectivity index (χ3n) is 21.1. The van der Waals surface area contributed by atoms with E-state index in [-0.39, 0.29) is 0 Å². The largest absolute Gasteiger partial charge is 0.494 e. The van der Waals surface area contributed by atoms with Gasteiger partial charge in [0.25, 0.3) is 0 Å². The van der Waals surface area contributed by atoms with Gasteiger partial charge in [-0.3, -0.25) is 4.90 Å². The second-order valence-electron chi connectivity index (χ2n) is 22.1. The monoisotopic (exact) mass is 694 g/mol. The summed E-state index contributed by atoms with van der Waals surface area (Å²) in [7, 11) is 0. The smallest absolute Gasteiger partial charge is 0.102 e. The average Bonchev–Trinajstić information content (AvgIpc) is 4.04. The van der Waals surface area contributed by atoms with Gasteiger partial charge in [0.2, 0.25) is 0 Å². The molecule has 0 bridgehead atoms. The Morgan fingerprint density at radius 1 is 0.451 bits per heavy atom. The molecular weight excluding hydrogens is 619 g/mol. The van der Waals surface area contributed by atoms with Crippen LogP contribution in [0.15, 0.2) is 11.3 Å². The van der Waals surface area contributed by atoms with Gasteiger partial charge in [0.05, 0.1) is 5.76 Å². The zero-order valence-electron chi connectivity index (χ0n) is 32.7. The van der Waals surface area contributed by atoms with Crippen LogP contribution in [0.1, 0.15) is 186 Å². The van der Waals surface area contributed by atoms with E-state index in [0.29, 0.717) is 6.10 Å². The summed E-state index contributed by atoms with van der Waals surface area (Å²) in [6.45, 7) is 0. The molecule has 12 rings (SSSR count). The molecule has 0 N–H and O–H groups in total. The Labute approximate surface area is 312 Å². The SMILES string of the molecule is C1CC2OC3=C(C4CCC(N(C5CCC6C7CCCC7C7(C6C5)C5CCCCC5[C@@H]5CCCCC57)C5CCC6CCCC[C@@H]65)CC4)CCC3C2C1. The minimum atomic E-state index is 0.596. The van der Waals surface area contributed by atoms with Crippen molar-refractivity contribution in [3.8, 4) is 0 Å². The fourth-order valence-corrected chi connectivity index (χ4v) is 20.0. The van der Waals surface area contributed by atoms with Crippen LogP contribution in [-0.2, 0) is 4.74 Å². The van der Waals surface area contributed by atoms with Crippen LogP contribution in [-0.4, -0.2) is 29.1 Å². The molecule has 1 saturated heterocycles. The zero-order valence-corrected chi connectivity index (χ0v) is 32.7. The van der Waals surface area contributed by atoms with E-state index in [2.05, 4.69) is 4.90 Å². The quantitative estimate of drug-likeness (QED) is 0.291. The van der Waals surface area contributed by atoms with Crippen LogP contribution >= 0.6 is 0 Å². The first kappa shape index (κ1) is 32.7. The van der Waals surface area contributed by atoms with Crippen molar-refractivity contribution in [1.29, 1.82) is 0 Å². The minimum Gasteiger partial charge on any atom is -0.494 e. The molecule has 10 saturated carbocycles. The maximum atomic E-state index is 6.85. The highest BCUT2D eigenvalue weighted by Gasteiger charge is 2.72. The fourth-order valence-electron chi connectivity index (χ4n) is 20.0. The van der Waals surface area contributed by atoms with Gasteiger partial charge in [-0.15, -0.1) is 0 Å². The number of allylic oxidation sites excluding steroid dienone is 2. The van der Waals surface area contributed by atoms with Gasteiger partial charge in [0, 0.05) is 30.0 Å². The minimum absolute atomic E-state index is 0.596. The molecule has 1 heterocycles. The first-order valence-electron chi connectivity index (χ1n) is 24.5. The van der Waals surface area contributed by atoms with Crippen LogP contribution in [0.4, 0.5) is 0 Å². The second kappa shape index (κ2) is 12.8. The number of rotatable bonds is 4. The Balaban J connectivity index is 0.858. The van der Waals surface area contributed by atoms with Crippen LogP contribution in [0.25, 0.3) is 0 Å². The fraction of sp³-hybridized carbons (Fsp3) is 0.959. The highest BCUT2D eigenvalue weighted by molar-refractivity contribution is 5.26. The van der Waals surface area contributed by atoms with Gasteiger partial charge in [-0.05, 0) is 211 Å². The van der Waals surface area contributed by atoms with Crippen LogP contribution < -0.4 is 0 Å². The molecule has 282 valence electrons. The van der Waals surface area contributed by atoms with Crippen molar-refractivity contribution in [2.75, 3.05) is 0 Å². The lowest BCUT2D eigenvalue weighted by atomic mass is 9.53. The second-order valence-corrected chi connectivity index (χ2v) is 22.1. The van der Waals surface area contributed by atoms with E-state index >= 15 is 0 Å². The maximum absolute atomic E-state index is 6.85. The van der Waals surface area contributed by atoms with Gasteiger partial charge in [-0.2, -0.15) is 0 Å². The van der Waals surface area contributed by atoms with Crippen LogP contribution in [0.3, 0.4) is 0 Å². The van der Waals surface area contributed by atoms with E-state index in [0.717, 1.165) is 100 Å². The van der Waals surface area contributed by atoms with Gasteiger partial charge in [-0.1, -0.05) is 51.4 Å². The predicted octanol–water partition coefficient (Wildman–Crippen LogP) is 12.5.